The average Bonchev–Trinajstić information content (AvgIpc) is 2.80. The lowest BCUT2D eigenvalue weighted by Gasteiger charge is -2.04. The zero-order valence-electron chi connectivity index (χ0n) is 18.4. The molecule has 0 spiro atoms. The Balaban J connectivity index is 3.40. The van der Waals surface area contributed by atoms with Crippen molar-refractivity contribution >= 4 is 128 Å². The maximum Gasteiger partial charge on any atom is 0.280 e. The summed E-state index contributed by atoms with van der Waals surface area (Å²) in [6.07, 6.45) is 3.81. The molecule has 0 bridgehead atoms. The van der Waals surface area contributed by atoms with Crippen LogP contribution in [0, 0.1) is 0 Å². The van der Waals surface area contributed by atoms with E-state index in [1.807, 2.05) is 6.26 Å². The number of Topliss-reactive ketones (excluding diaryl/α,β-unsaturated/α-hetero) is 1. The minimum Gasteiger partial charge on any atom is -0.396 e. The molecule has 0 saturated heterocycles. The zero-order chi connectivity index (χ0) is 24.4. The van der Waals surface area contributed by atoms with Crippen LogP contribution in [0.15, 0.2) is 9.98 Å². The molecule has 192 valence electrons. The van der Waals surface area contributed by atoms with Gasteiger partial charge in [0, 0.05) is 38.3 Å². The lowest BCUT2D eigenvalue weighted by Crippen LogP contribution is -2.17. The molecule has 0 aromatic carbocycles. The van der Waals surface area contributed by atoms with Gasteiger partial charge in [0.1, 0.15) is 0 Å². The molecule has 0 heterocycles. The maximum absolute atomic E-state index is 11.8. The van der Waals surface area contributed by atoms with Gasteiger partial charge >= 0.3 is 0 Å². The van der Waals surface area contributed by atoms with Crippen molar-refractivity contribution in [3.05, 3.63) is 0 Å². The van der Waals surface area contributed by atoms with Crippen LogP contribution in [0.25, 0.3) is 0 Å². The monoisotopic (exact) mass is 629 g/mol. The van der Waals surface area contributed by atoms with Gasteiger partial charge in [-0.3, -0.25) is 23.8 Å². The molecule has 0 radical (unpaired) electrons. The third-order valence-corrected chi connectivity index (χ3v) is 12.4. The number of carbonyl (C=O) groups is 2. The Labute approximate surface area is 233 Å². The van der Waals surface area contributed by atoms with E-state index >= 15 is 0 Å². The summed E-state index contributed by atoms with van der Waals surface area (Å²) in [5.74, 6) is 3.20. The molecule has 0 rings (SSSR count). The summed E-state index contributed by atoms with van der Waals surface area (Å²) in [5, 5.41) is 15.3. The predicted molar refractivity (Wildman–Crippen MR) is 166 cm³/mol. The lowest BCUT2D eigenvalue weighted by atomic mass is 10.3. The van der Waals surface area contributed by atoms with Crippen molar-refractivity contribution < 1.29 is 18.9 Å². The SMILES string of the molecule is CSC/N=C\S(=O)CSCSCSC(=O)NCSCSCSC/N=C\C(=O)CCSCCO. The van der Waals surface area contributed by atoms with E-state index in [1.165, 1.54) is 23.5 Å². The van der Waals surface area contributed by atoms with Crippen LogP contribution in [-0.4, -0.2) is 99.5 Å². The number of aliphatic hydroxyl groups is 1. The van der Waals surface area contributed by atoms with E-state index in [9.17, 15) is 13.8 Å². The standard InChI is InChI=1S/C17H31N3O4S9/c1-25-7-19-10-33(24)15-31-13-30-14-32-17(23)20-9-28-12-29-11-27-8-18-6-16(22)2-4-26-5-3-21/h6,10,21H,2-5,7-9,11-15H2,1H3,(H,20,23)/b18-6-,19-10-. The highest BCUT2D eigenvalue weighted by Crippen LogP contribution is 2.20. The van der Waals surface area contributed by atoms with Crippen LogP contribution in [0.1, 0.15) is 6.42 Å². The van der Waals surface area contributed by atoms with Crippen LogP contribution in [0.4, 0.5) is 4.79 Å². The highest BCUT2D eigenvalue weighted by atomic mass is 32.3. The van der Waals surface area contributed by atoms with Crippen molar-refractivity contribution in [3.63, 3.8) is 0 Å². The molecule has 1 unspecified atom stereocenters. The Morgan fingerprint density at radius 3 is 2.48 bits per heavy atom. The number of carbonyl (C=O) groups excluding carboxylic acids is 2. The molecule has 1 amide bonds. The van der Waals surface area contributed by atoms with Gasteiger partial charge in [0.25, 0.3) is 5.24 Å². The van der Waals surface area contributed by atoms with Gasteiger partial charge in [-0.15, -0.1) is 70.6 Å². The molecule has 0 aliphatic heterocycles. The van der Waals surface area contributed by atoms with Gasteiger partial charge in [0.15, 0.2) is 5.78 Å². The van der Waals surface area contributed by atoms with Crippen molar-refractivity contribution in [2.24, 2.45) is 9.98 Å². The molecule has 0 aliphatic carbocycles. The summed E-state index contributed by atoms with van der Waals surface area (Å²) in [4.78, 5) is 31.5. The summed E-state index contributed by atoms with van der Waals surface area (Å²) < 4.78 is 11.6. The summed E-state index contributed by atoms with van der Waals surface area (Å²) >= 11 is 12.7. The van der Waals surface area contributed by atoms with E-state index in [0.29, 0.717) is 40.0 Å². The highest BCUT2D eigenvalue weighted by Gasteiger charge is 2.02. The van der Waals surface area contributed by atoms with Crippen LogP contribution in [0.5, 0.6) is 0 Å². The van der Waals surface area contributed by atoms with Crippen molar-refractivity contribution in [2.45, 2.75) is 6.42 Å². The molecular weight excluding hydrogens is 599 g/mol. The maximum atomic E-state index is 11.8. The number of hydrogen-bond acceptors (Lipinski definition) is 14. The van der Waals surface area contributed by atoms with Gasteiger partial charge in [-0.05, 0) is 6.26 Å². The highest BCUT2D eigenvalue weighted by molar-refractivity contribution is 8.28. The summed E-state index contributed by atoms with van der Waals surface area (Å²) in [7, 11) is -1.03. The quantitative estimate of drug-likeness (QED) is 0.0711. The molecular formula is C17H31N3O4S9. The molecule has 0 aliphatic rings. The number of hydrogen-bond donors (Lipinski definition) is 2. The smallest absolute Gasteiger partial charge is 0.280 e. The topological polar surface area (TPSA) is 108 Å². The van der Waals surface area contributed by atoms with Crippen LogP contribution in [0.2, 0.25) is 0 Å². The van der Waals surface area contributed by atoms with Crippen LogP contribution in [0.3, 0.4) is 0 Å². The summed E-state index contributed by atoms with van der Waals surface area (Å²) in [6, 6.07) is 0. The van der Waals surface area contributed by atoms with E-state index < -0.39 is 10.8 Å². The number of aliphatic hydroxyl groups excluding tert-OH is 1. The van der Waals surface area contributed by atoms with Gasteiger partial charge in [0.05, 0.1) is 51.9 Å². The minimum absolute atomic E-state index is 0.0264. The Morgan fingerprint density at radius 1 is 0.939 bits per heavy atom. The van der Waals surface area contributed by atoms with Crippen molar-refractivity contribution in [2.75, 3.05) is 67.4 Å². The Kier molecular flexibility index (Phi) is 29.1. The summed E-state index contributed by atoms with van der Waals surface area (Å²) in [5.41, 5.74) is 1.51. The number of nitrogens with zero attached hydrogens (tertiary/aromatic N) is 2. The van der Waals surface area contributed by atoms with Gasteiger partial charge < -0.3 is 10.4 Å². The number of rotatable bonds is 23. The van der Waals surface area contributed by atoms with E-state index in [2.05, 4.69) is 15.3 Å². The van der Waals surface area contributed by atoms with E-state index in [-0.39, 0.29) is 17.6 Å². The van der Waals surface area contributed by atoms with Gasteiger partial charge in [-0.2, -0.15) is 11.8 Å². The molecule has 0 fully saturated rings. The number of aliphatic imine (C=N–C) groups is 2. The van der Waals surface area contributed by atoms with Crippen LogP contribution >= 0.6 is 94.1 Å². The molecule has 2 N–H and O–H groups in total. The minimum atomic E-state index is -1.03. The lowest BCUT2D eigenvalue weighted by molar-refractivity contribution is -0.112. The fraction of sp³-hybridized carbons (Fsp3) is 0.765. The van der Waals surface area contributed by atoms with Crippen molar-refractivity contribution in [1.29, 1.82) is 0 Å². The second-order valence-electron chi connectivity index (χ2n) is 5.44. The van der Waals surface area contributed by atoms with Gasteiger partial charge in [-0.1, -0.05) is 11.8 Å². The Bertz CT molecular complexity index is 586. The largest absolute Gasteiger partial charge is 0.396 e. The normalized spacial score (nSPS) is 12.5. The second kappa shape index (κ2) is 28.0. The first-order valence-electron chi connectivity index (χ1n) is 9.46. The number of nitrogens with one attached hydrogen (secondary N) is 1. The van der Waals surface area contributed by atoms with Crippen molar-refractivity contribution in [1.82, 2.24) is 5.32 Å². The number of amides is 1. The molecule has 33 heavy (non-hydrogen) atoms. The van der Waals surface area contributed by atoms with Crippen LogP contribution in [-0.2, 0) is 15.6 Å². The van der Waals surface area contributed by atoms with Crippen LogP contribution < -0.4 is 5.32 Å². The third kappa shape index (κ3) is 27.8. The molecule has 1 atom stereocenters. The predicted octanol–water partition coefficient (Wildman–Crippen LogP) is 4.65. The number of ketones is 1. The number of thioether (sulfide) groups is 8. The first-order valence-corrected chi connectivity index (χ1v) is 20.2. The summed E-state index contributed by atoms with van der Waals surface area (Å²) in [6.45, 7) is 0.144. The van der Waals surface area contributed by atoms with Crippen molar-refractivity contribution in [3.8, 4) is 0 Å². The van der Waals surface area contributed by atoms with E-state index in [0.717, 1.165) is 21.0 Å². The zero-order valence-corrected chi connectivity index (χ0v) is 25.7. The fourth-order valence-corrected chi connectivity index (χ4v) is 9.79. The third-order valence-electron chi connectivity index (χ3n) is 2.82. The first-order chi connectivity index (χ1) is 16.1. The first kappa shape index (κ1) is 34.4. The molecule has 16 heteroatoms. The Hall–Kier alpha value is 1.39. The van der Waals surface area contributed by atoms with E-state index in [1.54, 1.807) is 82.3 Å². The molecule has 0 aromatic heterocycles. The molecule has 7 nitrogen and oxygen atoms in total. The molecule has 0 saturated carbocycles. The fourth-order valence-electron chi connectivity index (χ4n) is 1.51. The Morgan fingerprint density at radius 2 is 1.70 bits per heavy atom. The van der Waals surface area contributed by atoms with E-state index in [4.69, 9.17) is 5.11 Å². The van der Waals surface area contributed by atoms with Gasteiger partial charge in [-0.25, -0.2) is 0 Å². The molecule has 0 aromatic rings. The average molecular weight is 630 g/mol. The second-order valence-corrected chi connectivity index (χ2v) is 16.4. The van der Waals surface area contributed by atoms with Gasteiger partial charge in [0.2, 0.25) is 0 Å².